The van der Waals surface area contributed by atoms with E-state index in [4.69, 9.17) is 0 Å². The molecule has 0 unspecified atom stereocenters. The first-order valence-electron chi connectivity index (χ1n) is 10.3. The van der Waals surface area contributed by atoms with Crippen molar-refractivity contribution in [1.29, 1.82) is 0 Å². The predicted octanol–water partition coefficient (Wildman–Crippen LogP) is 3.06. The van der Waals surface area contributed by atoms with Gasteiger partial charge in [0.2, 0.25) is 0 Å². The minimum Gasteiger partial charge on any atom is -0.389 e. The van der Waals surface area contributed by atoms with E-state index in [0.717, 1.165) is 37.7 Å². The van der Waals surface area contributed by atoms with Crippen molar-refractivity contribution in [2.75, 3.05) is 6.61 Å². The molecule has 4 aliphatic carbocycles. The molecule has 4 heteroatoms. The molecule has 3 saturated carbocycles. The van der Waals surface area contributed by atoms with E-state index in [-0.39, 0.29) is 46.8 Å². The van der Waals surface area contributed by atoms with Crippen molar-refractivity contribution in [3.63, 3.8) is 0 Å². The zero-order valence-electron chi connectivity index (χ0n) is 16.3. The molecule has 0 aliphatic heterocycles. The monoisotopic (exact) mass is 360 g/mol. The largest absolute Gasteiger partial charge is 0.389 e. The van der Waals surface area contributed by atoms with Crippen molar-refractivity contribution >= 4 is 11.6 Å². The average Bonchev–Trinajstić information content (AvgIpc) is 2.86. The summed E-state index contributed by atoms with van der Waals surface area (Å²) >= 11 is 0. The maximum Gasteiger partial charge on any atom is 0.162 e. The highest BCUT2D eigenvalue weighted by molar-refractivity contribution is 5.91. The van der Waals surface area contributed by atoms with Crippen molar-refractivity contribution in [3.8, 4) is 0 Å². The Hall–Kier alpha value is -1.00. The van der Waals surface area contributed by atoms with Crippen LogP contribution < -0.4 is 0 Å². The molecule has 0 heterocycles. The summed E-state index contributed by atoms with van der Waals surface area (Å²) in [6, 6.07) is 0. The van der Waals surface area contributed by atoms with Crippen LogP contribution in [0.25, 0.3) is 0 Å². The molecular weight excluding hydrogens is 328 g/mol. The van der Waals surface area contributed by atoms with E-state index in [0.29, 0.717) is 18.8 Å². The fraction of sp³-hybridized carbons (Fsp3) is 0.818. The third-order valence-corrected chi connectivity index (χ3v) is 8.99. The smallest absolute Gasteiger partial charge is 0.162 e. The summed E-state index contributed by atoms with van der Waals surface area (Å²) in [5, 5.41) is 21.5. The van der Waals surface area contributed by atoms with E-state index in [1.807, 2.05) is 0 Å². The number of hydrogen-bond acceptors (Lipinski definition) is 4. The number of carbonyl (C=O) groups excluding carboxylic acids is 2. The van der Waals surface area contributed by atoms with Crippen LogP contribution >= 0.6 is 0 Å². The Balaban J connectivity index is 1.73. The van der Waals surface area contributed by atoms with E-state index in [2.05, 4.69) is 20.8 Å². The first kappa shape index (κ1) is 18.4. The first-order valence-corrected chi connectivity index (χ1v) is 10.3. The number of fused-ring (bicyclic) bond motifs is 5. The topological polar surface area (TPSA) is 74.6 Å². The van der Waals surface area contributed by atoms with Crippen LogP contribution in [0, 0.1) is 34.5 Å². The highest BCUT2D eigenvalue weighted by Gasteiger charge is 2.67. The molecule has 7 atom stereocenters. The SMILES string of the molecule is C[C@H]1C[C@H]2[C@@H]3CCC4=CC(=O)CC[C@]4(C)[C@@]3(O)CC[C@]2(C)[C@H]1C(=O)CO. The molecule has 144 valence electrons. The fourth-order valence-corrected chi connectivity index (χ4v) is 7.65. The molecule has 4 nitrogen and oxygen atoms in total. The van der Waals surface area contributed by atoms with Gasteiger partial charge in [-0.2, -0.15) is 0 Å². The van der Waals surface area contributed by atoms with Gasteiger partial charge in [0.1, 0.15) is 6.61 Å². The number of hydrogen-bond donors (Lipinski definition) is 2. The molecule has 0 bridgehead atoms. The highest BCUT2D eigenvalue weighted by atomic mass is 16.3. The van der Waals surface area contributed by atoms with Gasteiger partial charge >= 0.3 is 0 Å². The van der Waals surface area contributed by atoms with E-state index >= 15 is 0 Å². The molecule has 0 aromatic rings. The Morgan fingerprint density at radius 3 is 2.62 bits per heavy atom. The van der Waals surface area contributed by atoms with Crippen molar-refractivity contribution in [2.45, 2.75) is 71.3 Å². The summed E-state index contributed by atoms with van der Waals surface area (Å²) in [7, 11) is 0. The Bertz CT molecular complexity index is 682. The molecule has 0 spiro atoms. The average molecular weight is 360 g/mol. The quantitative estimate of drug-likeness (QED) is 0.794. The van der Waals surface area contributed by atoms with Gasteiger partial charge in [0.15, 0.2) is 11.6 Å². The second kappa shape index (κ2) is 5.75. The third kappa shape index (κ3) is 2.15. The summed E-state index contributed by atoms with van der Waals surface area (Å²) in [6.45, 7) is 6.14. The first-order chi connectivity index (χ1) is 12.2. The number of rotatable bonds is 2. The van der Waals surface area contributed by atoms with Gasteiger partial charge in [0, 0.05) is 17.8 Å². The zero-order valence-corrected chi connectivity index (χ0v) is 16.3. The van der Waals surface area contributed by atoms with Crippen molar-refractivity contribution in [2.24, 2.45) is 34.5 Å². The summed E-state index contributed by atoms with van der Waals surface area (Å²) in [4.78, 5) is 24.4. The molecule has 0 aromatic carbocycles. The molecule has 4 rings (SSSR count). The highest BCUT2D eigenvalue weighted by Crippen LogP contribution is 2.69. The fourth-order valence-electron chi connectivity index (χ4n) is 7.65. The van der Waals surface area contributed by atoms with Gasteiger partial charge in [-0.15, -0.1) is 0 Å². The van der Waals surface area contributed by atoms with Gasteiger partial charge in [-0.05, 0) is 67.8 Å². The van der Waals surface area contributed by atoms with Gasteiger partial charge in [-0.3, -0.25) is 9.59 Å². The molecular formula is C22H32O4. The van der Waals surface area contributed by atoms with Gasteiger partial charge in [0.05, 0.1) is 5.60 Å². The number of aliphatic hydroxyl groups is 2. The summed E-state index contributed by atoms with van der Waals surface area (Å²) in [5.74, 6) is 0.815. The van der Waals surface area contributed by atoms with Crippen molar-refractivity contribution in [3.05, 3.63) is 11.6 Å². The van der Waals surface area contributed by atoms with Gasteiger partial charge < -0.3 is 10.2 Å². The van der Waals surface area contributed by atoms with Crippen molar-refractivity contribution in [1.82, 2.24) is 0 Å². The minimum atomic E-state index is -0.779. The molecule has 0 aromatic heterocycles. The van der Waals surface area contributed by atoms with Gasteiger partial charge in [-0.1, -0.05) is 26.3 Å². The summed E-state index contributed by atoms with van der Waals surface area (Å²) in [5.41, 5.74) is -0.0741. The Kier molecular flexibility index (Phi) is 4.06. The van der Waals surface area contributed by atoms with E-state index in [1.165, 1.54) is 0 Å². The summed E-state index contributed by atoms with van der Waals surface area (Å²) < 4.78 is 0. The zero-order chi connectivity index (χ0) is 18.9. The molecule has 4 aliphatic rings. The standard InChI is InChI=1S/C22H32O4/c1-13-10-17-16-5-4-14-11-15(24)6-7-21(14,3)22(16,26)9-8-20(17,2)19(13)18(25)12-23/h11,13,16-17,19,23,26H,4-10,12H2,1-3H3/t13-,16-,17-,19+,20-,21-,22+/m0/s1. The lowest BCUT2D eigenvalue weighted by atomic mass is 9.44. The Morgan fingerprint density at radius 1 is 1.19 bits per heavy atom. The lowest BCUT2D eigenvalue weighted by Gasteiger charge is -2.62. The second-order valence-electron chi connectivity index (χ2n) is 9.96. The van der Waals surface area contributed by atoms with Crippen LogP contribution in [-0.2, 0) is 9.59 Å². The molecule has 0 saturated heterocycles. The van der Waals surface area contributed by atoms with Crippen LogP contribution in [0.5, 0.6) is 0 Å². The van der Waals surface area contributed by atoms with Gasteiger partial charge in [0.25, 0.3) is 0 Å². The van der Waals surface area contributed by atoms with Gasteiger partial charge in [-0.25, -0.2) is 0 Å². The molecule has 3 fully saturated rings. The van der Waals surface area contributed by atoms with E-state index < -0.39 is 5.60 Å². The lowest BCUT2D eigenvalue weighted by Crippen LogP contribution is -2.63. The summed E-state index contributed by atoms with van der Waals surface area (Å²) in [6.07, 6.45) is 7.32. The minimum absolute atomic E-state index is 0.0289. The number of Topliss-reactive ketones (excluding diaryl/α,β-unsaturated/α-hetero) is 1. The van der Waals surface area contributed by atoms with Crippen LogP contribution in [-0.4, -0.2) is 34.0 Å². The van der Waals surface area contributed by atoms with Crippen LogP contribution in [0.1, 0.15) is 65.7 Å². The third-order valence-electron chi connectivity index (χ3n) is 8.99. The molecule has 0 radical (unpaired) electrons. The maximum atomic E-state index is 12.5. The van der Waals surface area contributed by atoms with E-state index in [1.54, 1.807) is 6.08 Å². The predicted molar refractivity (Wildman–Crippen MR) is 98.3 cm³/mol. The van der Waals surface area contributed by atoms with E-state index in [9.17, 15) is 19.8 Å². The molecule has 26 heavy (non-hydrogen) atoms. The lowest BCUT2D eigenvalue weighted by molar-refractivity contribution is -0.192. The normalized spacial score (nSPS) is 50.5. The van der Waals surface area contributed by atoms with Crippen LogP contribution in [0.4, 0.5) is 0 Å². The number of carbonyl (C=O) groups is 2. The Morgan fingerprint density at radius 2 is 1.92 bits per heavy atom. The number of ketones is 2. The number of aliphatic hydroxyl groups excluding tert-OH is 1. The van der Waals surface area contributed by atoms with Crippen molar-refractivity contribution < 1.29 is 19.8 Å². The Labute approximate surface area is 156 Å². The van der Waals surface area contributed by atoms with Crippen LogP contribution in [0.3, 0.4) is 0 Å². The maximum absolute atomic E-state index is 12.5. The van der Waals surface area contributed by atoms with Crippen LogP contribution in [0.15, 0.2) is 11.6 Å². The molecule has 2 N–H and O–H groups in total. The molecule has 0 amide bonds. The van der Waals surface area contributed by atoms with Crippen LogP contribution in [0.2, 0.25) is 0 Å². The second-order valence-corrected chi connectivity index (χ2v) is 9.96.